The first-order valence-corrected chi connectivity index (χ1v) is 7.32. The van der Waals surface area contributed by atoms with Crippen molar-refractivity contribution in [3.8, 4) is 0 Å². The number of aldehydes is 1. The number of carbonyl (C=O) groups is 1. The van der Waals surface area contributed by atoms with Crippen LogP contribution in [0.25, 0.3) is 10.8 Å². The largest absolute Gasteiger partial charge is 0.356 e. The summed E-state index contributed by atoms with van der Waals surface area (Å²) < 4.78 is 1.09. The molecule has 1 aromatic carbocycles. The van der Waals surface area contributed by atoms with Gasteiger partial charge in [0, 0.05) is 40.4 Å². The summed E-state index contributed by atoms with van der Waals surface area (Å²) in [6.45, 7) is 1.81. The predicted molar refractivity (Wildman–Crippen MR) is 80.4 cm³/mol. The zero-order valence-corrected chi connectivity index (χ0v) is 12.1. The lowest BCUT2D eigenvalue weighted by Gasteiger charge is -2.31. The van der Waals surface area contributed by atoms with Gasteiger partial charge in [0.15, 0.2) is 0 Å². The predicted octanol–water partition coefficient (Wildman–Crippen LogP) is 3.41. The summed E-state index contributed by atoms with van der Waals surface area (Å²) in [7, 11) is 0. The number of pyridine rings is 1. The van der Waals surface area contributed by atoms with Gasteiger partial charge < -0.3 is 9.69 Å². The second kappa shape index (κ2) is 5.29. The van der Waals surface area contributed by atoms with Gasteiger partial charge in [0.1, 0.15) is 12.1 Å². The van der Waals surface area contributed by atoms with Gasteiger partial charge in [0.25, 0.3) is 0 Å². The highest BCUT2D eigenvalue weighted by molar-refractivity contribution is 9.10. The number of benzene rings is 1. The van der Waals surface area contributed by atoms with Crippen molar-refractivity contribution < 1.29 is 4.79 Å². The van der Waals surface area contributed by atoms with E-state index in [0.29, 0.717) is 0 Å². The summed E-state index contributed by atoms with van der Waals surface area (Å²) in [5, 5.41) is 2.35. The van der Waals surface area contributed by atoms with Gasteiger partial charge in [0.05, 0.1) is 0 Å². The summed E-state index contributed by atoms with van der Waals surface area (Å²) in [6, 6.07) is 8.22. The molecule has 2 aromatic rings. The number of piperidine rings is 1. The van der Waals surface area contributed by atoms with E-state index < -0.39 is 0 Å². The van der Waals surface area contributed by atoms with Gasteiger partial charge in [-0.15, -0.1) is 0 Å². The van der Waals surface area contributed by atoms with Crippen LogP contribution in [0.4, 0.5) is 5.82 Å². The third-order valence-corrected chi connectivity index (χ3v) is 4.45. The summed E-state index contributed by atoms with van der Waals surface area (Å²) in [6.07, 6.45) is 4.80. The average Bonchev–Trinajstić information content (AvgIpc) is 2.47. The van der Waals surface area contributed by atoms with Crippen LogP contribution < -0.4 is 4.90 Å². The third kappa shape index (κ3) is 2.37. The first-order chi connectivity index (χ1) is 9.29. The normalized spacial score (nSPS) is 16.8. The molecule has 19 heavy (non-hydrogen) atoms. The van der Waals surface area contributed by atoms with Crippen molar-refractivity contribution in [2.75, 3.05) is 18.0 Å². The Morgan fingerprint density at radius 3 is 2.74 bits per heavy atom. The number of nitrogens with zero attached hydrogens (tertiary/aromatic N) is 2. The molecule has 0 unspecified atom stereocenters. The average molecular weight is 319 g/mol. The molecule has 0 aliphatic carbocycles. The number of anilines is 1. The van der Waals surface area contributed by atoms with E-state index in [2.05, 4.69) is 31.9 Å². The number of carbonyl (C=O) groups excluding carboxylic acids is 1. The van der Waals surface area contributed by atoms with Crippen LogP contribution in [0.5, 0.6) is 0 Å². The van der Waals surface area contributed by atoms with E-state index in [4.69, 9.17) is 0 Å². The minimum absolute atomic E-state index is 0.220. The van der Waals surface area contributed by atoms with Gasteiger partial charge in [-0.2, -0.15) is 0 Å². The van der Waals surface area contributed by atoms with Crippen LogP contribution in [0.15, 0.2) is 34.9 Å². The third-order valence-electron chi connectivity index (χ3n) is 3.76. The Bertz CT molecular complexity index is 606. The van der Waals surface area contributed by atoms with Gasteiger partial charge in [-0.3, -0.25) is 0 Å². The highest BCUT2D eigenvalue weighted by atomic mass is 79.9. The zero-order valence-electron chi connectivity index (χ0n) is 10.6. The fraction of sp³-hybridized carbons (Fsp3) is 0.333. The SMILES string of the molecule is O=CC1CCN(c2nccc3c(Br)cccc23)CC1. The number of aromatic nitrogens is 1. The Labute approximate surface area is 120 Å². The van der Waals surface area contributed by atoms with Crippen molar-refractivity contribution in [2.24, 2.45) is 5.92 Å². The smallest absolute Gasteiger partial charge is 0.136 e. The second-order valence-corrected chi connectivity index (χ2v) is 5.78. The minimum atomic E-state index is 0.220. The molecule has 1 fully saturated rings. The van der Waals surface area contributed by atoms with Gasteiger partial charge in [-0.1, -0.05) is 28.1 Å². The van der Waals surface area contributed by atoms with Crippen LogP contribution >= 0.6 is 15.9 Å². The fourth-order valence-electron chi connectivity index (χ4n) is 2.65. The Morgan fingerprint density at radius 2 is 2.00 bits per heavy atom. The maximum absolute atomic E-state index is 10.8. The highest BCUT2D eigenvalue weighted by Crippen LogP contribution is 2.31. The van der Waals surface area contributed by atoms with Crippen LogP contribution in [-0.4, -0.2) is 24.4 Å². The lowest BCUT2D eigenvalue weighted by molar-refractivity contribution is -0.111. The highest BCUT2D eigenvalue weighted by Gasteiger charge is 2.20. The van der Waals surface area contributed by atoms with Crippen molar-refractivity contribution in [3.05, 3.63) is 34.9 Å². The van der Waals surface area contributed by atoms with Crippen molar-refractivity contribution in [1.82, 2.24) is 4.98 Å². The molecule has 0 saturated carbocycles. The zero-order chi connectivity index (χ0) is 13.2. The van der Waals surface area contributed by atoms with E-state index in [9.17, 15) is 4.79 Å². The molecule has 98 valence electrons. The molecule has 0 atom stereocenters. The monoisotopic (exact) mass is 318 g/mol. The van der Waals surface area contributed by atoms with Crippen molar-refractivity contribution in [3.63, 3.8) is 0 Å². The number of fused-ring (bicyclic) bond motifs is 1. The summed E-state index contributed by atoms with van der Waals surface area (Å²) in [4.78, 5) is 17.6. The van der Waals surface area contributed by atoms with Crippen LogP contribution in [0.3, 0.4) is 0 Å². The lowest BCUT2D eigenvalue weighted by atomic mass is 9.98. The van der Waals surface area contributed by atoms with Gasteiger partial charge in [0.2, 0.25) is 0 Å². The molecule has 1 aliphatic rings. The van der Waals surface area contributed by atoms with Crippen LogP contribution in [-0.2, 0) is 4.79 Å². The molecule has 0 spiro atoms. The quantitative estimate of drug-likeness (QED) is 0.795. The lowest BCUT2D eigenvalue weighted by Crippen LogP contribution is -2.34. The molecule has 1 saturated heterocycles. The molecule has 0 N–H and O–H groups in total. The molecular formula is C15H15BrN2O. The molecule has 3 nitrogen and oxygen atoms in total. The first kappa shape index (κ1) is 12.6. The topological polar surface area (TPSA) is 33.2 Å². The number of halogens is 1. The van der Waals surface area contributed by atoms with Gasteiger partial charge >= 0.3 is 0 Å². The maximum atomic E-state index is 10.8. The Kier molecular flexibility index (Phi) is 3.51. The Balaban J connectivity index is 1.97. The summed E-state index contributed by atoms with van der Waals surface area (Å²) >= 11 is 3.58. The van der Waals surface area contributed by atoms with E-state index >= 15 is 0 Å². The molecule has 1 aliphatic heterocycles. The Morgan fingerprint density at radius 1 is 1.21 bits per heavy atom. The molecule has 0 radical (unpaired) electrons. The number of rotatable bonds is 2. The number of hydrogen-bond acceptors (Lipinski definition) is 3. The maximum Gasteiger partial charge on any atom is 0.136 e. The van der Waals surface area contributed by atoms with E-state index in [0.717, 1.165) is 42.5 Å². The number of hydrogen-bond donors (Lipinski definition) is 0. The minimum Gasteiger partial charge on any atom is -0.356 e. The molecule has 4 heteroatoms. The van der Waals surface area contributed by atoms with E-state index in [1.807, 2.05) is 24.4 Å². The van der Waals surface area contributed by atoms with Crippen LogP contribution in [0.1, 0.15) is 12.8 Å². The van der Waals surface area contributed by atoms with E-state index in [1.165, 1.54) is 10.8 Å². The molecule has 3 rings (SSSR count). The molecule has 0 amide bonds. The molecule has 0 bridgehead atoms. The van der Waals surface area contributed by atoms with Crippen molar-refractivity contribution >= 4 is 38.8 Å². The van der Waals surface area contributed by atoms with Crippen LogP contribution in [0.2, 0.25) is 0 Å². The standard InChI is InChI=1S/C15H15BrN2O/c16-14-3-1-2-13-12(14)4-7-17-15(13)18-8-5-11(10-19)6-9-18/h1-4,7,10-11H,5-6,8-9H2. The molecule has 2 heterocycles. The summed E-state index contributed by atoms with van der Waals surface area (Å²) in [5.74, 6) is 1.25. The molecular weight excluding hydrogens is 304 g/mol. The van der Waals surface area contributed by atoms with Gasteiger partial charge in [-0.25, -0.2) is 4.98 Å². The van der Waals surface area contributed by atoms with Crippen molar-refractivity contribution in [2.45, 2.75) is 12.8 Å². The fourth-order valence-corrected chi connectivity index (χ4v) is 3.15. The van der Waals surface area contributed by atoms with E-state index in [1.54, 1.807) is 0 Å². The molecule has 1 aromatic heterocycles. The first-order valence-electron chi connectivity index (χ1n) is 6.53. The summed E-state index contributed by atoms with van der Waals surface area (Å²) in [5.41, 5.74) is 0. The van der Waals surface area contributed by atoms with E-state index in [-0.39, 0.29) is 5.92 Å². The van der Waals surface area contributed by atoms with Gasteiger partial charge in [-0.05, 0) is 25.0 Å². The van der Waals surface area contributed by atoms with Crippen LogP contribution in [0, 0.1) is 5.92 Å². The van der Waals surface area contributed by atoms with Crippen molar-refractivity contribution in [1.29, 1.82) is 0 Å². The second-order valence-electron chi connectivity index (χ2n) is 4.93. The Hall–Kier alpha value is -1.42.